The van der Waals surface area contributed by atoms with Gasteiger partial charge >= 0.3 is 0 Å². The van der Waals surface area contributed by atoms with Crippen LogP contribution in [0, 0.1) is 0 Å². The topological polar surface area (TPSA) is 63.1 Å². The van der Waals surface area contributed by atoms with Crippen LogP contribution in [0.5, 0.6) is 0 Å². The summed E-state index contributed by atoms with van der Waals surface area (Å²) < 4.78 is 1.63. The highest BCUT2D eigenvalue weighted by molar-refractivity contribution is 6.32. The number of aromatic nitrogens is 3. The Morgan fingerprint density at radius 1 is 1.23 bits per heavy atom. The molecule has 0 atom stereocenters. The van der Waals surface area contributed by atoms with E-state index in [1.807, 2.05) is 49.4 Å². The van der Waals surface area contributed by atoms with Gasteiger partial charge in [0.2, 0.25) is 5.91 Å². The molecule has 0 radical (unpaired) electrons. The second-order valence-electron chi connectivity index (χ2n) is 5.64. The molecular formula is C19H20ClN5O. The van der Waals surface area contributed by atoms with E-state index < -0.39 is 0 Å². The molecule has 3 aromatic rings. The molecule has 2 aromatic heterocycles. The van der Waals surface area contributed by atoms with Gasteiger partial charge in [0, 0.05) is 31.4 Å². The van der Waals surface area contributed by atoms with Gasteiger partial charge in [-0.25, -0.2) is 4.68 Å². The molecular weight excluding hydrogens is 350 g/mol. The van der Waals surface area contributed by atoms with Crippen molar-refractivity contribution < 1.29 is 4.79 Å². The minimum absolute atomic E-state index is 0.0106. The van der Waals surface area contributed by atoms with Crippen LogP contribution >= 0.6 is 11.6 Å². The van der Waals surface area contributed by atoms with Crippen LogP contribution in [0.4, 0.5) is 11.4 Å². The molecule has 0 saturated heterocycles. The van der Waals surface area contributed by atoms with Gasteiger partial charge in [0.15, 0.2) is 5.15 Å². The third kappa shape index (κ3) is 4.21. The van der Waals surface area contributed by atoms with E-state index in [4.69, 9.17) is 11.6 Å². The van der Waals surface area contributed by atoms with Gasteiger partial charge in [0.05, 0.1) is 18.1 Å². The number of benzene rings is 1. The summed E-state index contributed by atoms with van der Waals surface area (Å²) in [5.74, 6) is -0.0106. The van der Waals surface area contributed by atoms with Crippen molar-refractivity contribution in [3.05, 3.63) is 66.2 Å². The summed E-state index contributed by atoms with van der Waals surface area (Å²) in [6.07, 6.45) is 5.49. The summed E-state index contributed by atoms with van der Waals surface area (Å²) in [5, 5.41) is 7.83. The minimum Gasteiger partial charge on any atom is -0.385 e. The van der Waals surface area contributed by atoms with Crippen LogP contribution in [0.2, 0.25) is 5.15 Å². The van der Waals surface area contributed by atoms with Gasteiger partial charge in [-0.05, 0) is 31.2 Å². The third-order valence-electron chi connectivity index (χ3n) is 3.91. The molecule has 2 heterocycles. The molecule has 0 fully saturated rings. The maximum atomic E-state index is 12.6. The largest absolute Gasteiger partial charge is 0.385 e. The van der Waals surface area contributed by atoms with E-state index in [9.17, 15) is 4.79 Å². The lowest BCUT2D eigenvalue weighted by Crippen LogP contribution is -2.31. The second-order valence-corrected chi connectivity index (χ2v) is 6.00. The fraction of sp³-hybridized carbons (Fsp3) is 0.211. The smallest absolute Gasteiger partial charge is 0.228 e. The maximum absolute atomic E-state index is 12.6. The van der Waals surface area contributed by atoms with Crippen LogP contribution in [0.25, 0.3) is 5.69 Å². The van der Waals surface area contributed by atoms with Gasteiger partial charge in [0.25, 0.3) is 0 Å². The first-order chi connectivity index (χ1) is 12.7. The number of rotatable bonds is 7. The summed E-state index contributed by atoms with van der Waals surface area (Å²) in [6, 6.07) is 13.5. The number of hydrogen-bond donors (Lipinski definition) is 1. The van der Waals surface area contributed by atoms with Crippen LogP contribution in [0.3, 0.4) is 0 Å². The predicted octanol–water partition coefficient (Wildman–Crippen LogP) is 3.78. The Morgan fingerprint density at radius 3 is 2.73 bits per heavy atom. The summed E-state index contributed by atoms with van der Waals surface area (Å²) in [5.41, 5.74) is 2.38. The van der Waals surface area contributed by atoms with Crippen molar-refractivity contribution in [1.82, 2.24) is 14.8 Å². The fourth-order valence-electron chi connectivity index (χ4n) is 2.63. The molecule has 3 rings (SSSR count). The Hall–Kier alpha value is -2.86. The number of anilines is 2. The first-order valence-corrected chi connectivity index (χ1v) is 8.81. The molecule has 0 aliphatic heterocycles. The van der Waals surface area contributed by atoms with Crippen molar-refractivity contribution in [2.75, 3.05) is 23.3 Å². The number of carbonyl (C=O) groups excluding carboxylic acids is 1. The molecule has 0 spiro atoms. The number of pyridine rings is 1. The lowest BCUT2D eigenvalue weighted by molar-refractivity contribution is -0.118. The van der Waals surface area contributed by atoms with Crippen molar-refractivity contribution in [3.8, 4) is 5.69 Å². The normalized spacial score (nSPS) is 10.5. The Bertz CT molecular complexity index is 851. The molecule has 0 saturated carbocycles. The summed E-state index contributed by atoms with van der Waals surface area (Å²) >= 11 is 6.28. The lowest BCUT2D eigenvalue weighted by atomic mass is 10.3. The first-order valence-electron chi connectivity index (χ1n) is 8.44. The zero-order chi connectivity index (χ0) is 18.4. The summed E-state index contributed by atoms with van der Waals surface area (Å²) in [6.45, 7) is 2.98. The Labute approximate surface area is 157 Å². The molecule has 0 aliphatic rings. The van der Waals surface area contributed by atoms with E-state index in [2.05, 4.69) is 15.4 Å². The van der Waals surface area contributed by atoms with Crippen molar-refractivity contribution >= 4 is 28.9 Å². The molecule has 1 amide bonds. The molecule has 134 valence electrons. The second kappa shape index (κ2) is 8.49. The number of carbonyl (C=O) groups is 1. The number of para-hydroxylation sites is 1. The van der Waals surface area contributed by atoms with Crippen molar-refractivity contribution in [2.24, 2.45) is 0 Å². The molecule has 1 N–H and O–H groups in total. The number of halogens is 1. The van der Waals surface area contributed by atoms with Crippen LogP contribution in [0.15, 0.2) is 61.1 Å². The first kappa shape index (κ1) is 17.9. The van der Waals surface area contributed by atoms with Gasteiger partial charge in [-0.3, -0.25) is 9.78 Å². The van der Waals surface area contributed by atoms with Crippen LogP contribution in [0.1, 0.15) is 13.3 Å². The molecule has 0 unspecified atom stereocenters. The van der Waals surface area contributed by atoms with Crippen molar-refractivity contribution in [2.45, 2.75) is 13.3 Å². The fourth-order valence-corrected chi connectivity index (χ4v) is 2.86. The Morgan fingerprint density at radius 2 is 2.04 bits per heavy atom. The minimum atomic E-state index is -0.0106. The number of amides is 1. The Balaban J connectivity index is 1.68. The highest BCUT2D eigenvalue weighted by atomic mass is 35.5. The summed E-state index contributed by atoms with van der Waals surface area (Å²) in [7, 11) is 0. The molecule has 26 heavy (non-hydrogen) atoms. The number of nitrogens with zero attached hydrogens (tertiary/aromatic N) is 4. The number of hydrogen-bond acceptors (Lipinski definition) is 4. The van der Waals surface area contributed by atoms with E-state index >= 15 is 0 Å². The highest BCUT2D eigenvalue weighted by Crippen LogP contribution is 2.26. The number of nitrogens with one attached hydrogen (secondary N) is 1. The van der Waals surface area contributed by atoms with E-state index in [0.717, 1.165) is 11.4 Å². The molecule has 0 aliphatic carbocycles. The maximum Gasteiger partial charge on any atom is 0.228 e. The third-order valence-corrected chi connectivity index (χ3v) is 4.18. The Kier molecular flexibility index (Phi) is 5.86. The summed E-state index contributed by atoms with van der Waals surface area (Å²) in [4.78, 5) is 18.4. The predicted molar refractivity (Wildman–Crippen MR) is 104 cm³/mol. The van der Waals surface area contributed by atoms with Crippen LogP contribution in [-0.2, 0) is 4.79 Å². The lowest BCUT2D eigenvalue weighted by Gasteiger charge is -2.19. The van der Waals surface area contributed by atoms with Gasteiger partial charge < -0.3 is 10.2 Å². The standard InChI is InChI=1S/C19H20ClN5O/c1-2-24(18(26)10-12-22-15-7-4-3-5-8-15)17-14-25(23-19(17)20)16-9-6-11-21-13-16/h3-9,11,13-14,22H,2,10,12H2,1H3. The van der Waals surface area contributed by atoms with Gasteiger partial charge in [-0.1, -0.05) is 29.8 Å². The average molecular weight is 370 g/mol. The molecule has 6 nitrogen and oxygen atoms in total. The zero-order valence-electron chi connectivity index (χ0n) is 14.5. The van der Waals surface area contributed by atoms with E-state index in [1.54, 1.807) is 28.2 Å². The molecule has 7 heteroatoms. The monoisotopic (exact) mass is 369 g/mol. The van der Waals surface area contributed by atoms with Crippen LogP contribution < -0.4 is 10.2 Å². The van der Waals surface area contributed by atoms with Gasteiger partial charge in [-0.15, -0.1) is 0 Å². The zero-order valence-corrected chi connectivity index (χ0v) is 15.2. The SMILES string of the molecule is CCN(C(=O)CCNc1ccccc1)c1cn(-c2cccnc2)nc1Cl. The van der Waals surface area contributed by atoms with Gasteiger partial charge in [0.1, 0.15) is 5.69 Å². The van der Waals surface area contributed by atoms with Crippen LogP contribution in [-0.4, -0.2) is 33.8 Å². The highest BCUT2D eigenvalue weighted by Gasteiger charge is 2.20. The average Bonchev–Trinajstić information content (AvgIpc) is 3.06. The van der Waals surface area contributed by atoms with Crippen molar-refractivity contribution in [1.29, 1.82) is 0 Å². The van der Waals surface area contributed by atoms with Crippen molar-refractivity contribution in [3.63, 3.8) is 0 Å². The molecule has 0 bridgehead atoms. The molecule has 1 aromatic carbocycles. The van der Waals surface area contributed by atoms with Gasteiger partial charge in [-0.2, -0.15) is 5.10 Å². The van der Waals surface area contributed by atoms with E-state index in [-0.39, 0.29) is 5.91 Å². The van der Waals surface area contributed by atoms with E-state index in [1.165, 1.54) is 0 Å². The quantitative estimate of drug-likeness (QED) is 0.688. The van der Waals surface area contributed by atoms with E-state index in [0.29, 0.717) is 30.4 Å².